The van der Waals surface area contributed by atoms with Gasteiger partial charge in [-0.1, -0.05) is 6.92 Å². The third kappa shape index (κ3) is 4.19. The van der Waals surface area contributed by atoms with Crippen LogP contribution in [0.1, 0.15) is 42.2 Å². The highest BCUT2D eigenvalue weighted by Crippen LogP contribution is 2.33. The third-order valence-electron chi connectivity index (χ3n) is 5.01. The number of aromatic nitrogens is 1. The van der Waals surface area contributed by atoms with Crippen LogP contribution >= 0.6 is 11.3 Å². The molecule has 6 heteroatoms. The number of carbonyl (C=O) groups is 1. The average molecular weight is 360 g/mol. The van der Waals surface area contributed by atoms with Crippen LogP contribution in [-0.4, -0.2) is 40.6 Å². The van der Waals surface area contributed by atoms with E-state index in [9.17, 15) is 9.90 Å². The van der Waals surface area contributed by atoms with Crippen molar-refractivity contribution in [3.63, 3.8) is 0 Å². The number of aliphatic hydroxyl groups is 1. The van der Waals surface area contributed by atoms with Crippen molar-refractivity contribution in [1.82, 2.24) is 9.88 Å². The number of hydrogen-bond donors (Lipinski definition) is 1. The van der Waals surface area contributed by atoms with E-state index in [1.807, 2.05) is 22.4 Å². The number of piperidine rings is 1. The van der Waals surface area contributed by atoms with E-state index in [1.54, 1.807) is 29.0 Å². The second kappa shape index (κ2) is 7.97. The van der Waals surface area contributed by atoms with E-state index in [-0.39, 0.29) is 17.9 Å². The van der Waals surface area contributed by atoms with Crippen LogP contribution in [0.15, 0.2) is 35.2 Å². The van der Waals surface area contributed by atoms with Gasteiger partial charge in [-0.2, -0.15) is 0 Å². The fourth-order valence-electron chi connectivity index (χ4n) is 3.25. The lowest BCUT2D eigenvalue weighted by Crippen LogP contribution is -2.47. The molecule has 2 heterocycles. The van der Waals surface area contributed by atoms with E-state index in [1.165, 1.54) is 0 Å². The van der Waals surface area contributed by atoms with Crippen LogP contribution in [0, 0.1) is 5.41 Å². The topological polar surface area (TPSA) is 62.7 Å². The lowest BCUT2D eigenvalue weighted by atomic mass is 9.78. The Hall–Kier alpha value is -1.92. The molecule has 134 valence electrons. The molecule has 0 unspecified atom stereocenters. The third-order valence-corrected chi connectivity index (χ3v) is 5.64. The molecule has 1 aromatic carbocycles. The van der Waals surface area contributed by atoms with Crippen LogP contribution in [0.25, 0.3) is 0 Å². The Morgan fingerprint density at radius 3 is 2.84 bits per heavy atom. The first kappa shape index (κ1) is 17.9. The molecule has 0 spiro atoms. The zero-order chi connectivity index (χ0) is 17.7. The molecule has 1 N–H and O–H groups in total. The summed E-state index contributed by atoms with van der Waals surface area (Å²) in [4.78, 5) is 18.8. The Bertz CT molecular complexity index is 681. The van der Waals surface area contributed by atoms with E-state index >= 15 is 0 Å². The summed E-state index contributed by atoms with van der Waals surface area (Å²) in [6.07, 6.45) is 2.80. The zero-order valence-electron chi connectivity index (χ0n) is 14.5. The minimum absolute atomic E-state index is 0.0250. The normalized spacial score (nSPS) is 20.5. The van der Waals surface area contributed by atoms with E-state index in [2.05, 4.69) is 11.9 Å². The van der Waals surface area contributed by atoms with Crippen molar-refractivity contribution < 1.29 is 14.6 Å². The van der Waals surface area contributed by atoms with Crippen LogP contribution in [-0.2, 0) is 6.61 Å². The van der Waals surface area contributed by atoms with Crippen LogP contribution < -0.4 is 4.74 Å². The molecule has 1 aromatic heterocycles. The first-order valence-electron chi connectivity index (χ1n) is 8.66. The largest absolute Gasteiger partial charge is 0.487 e. The van der Waals surface area contributed by atoms with Crippen molar-refractivity contribution in [1.29, 1.82) is 0 Å². The molecule has 0 radical (unpaired) electrons. The van der Waals surface area contributed by atoms with Gasteiger partial charge in [0.15, 0.2) is 0 Å². The maximum atomic E-state index is 12.8. The summed E-state index contributed by atoms with van der Waals surface area (Å²) in [7, 11) is 0. The highest BCUT2D eigenvalue weighted by molar-refractivity contribution is 7.07. The van der Waals surface area contributed by atoms with E-state index < -0.39 is 0 Å². The van der Waals surface area contributed by atoms with Crippen LogP contribution in [0.2, 0.25) is 0 Å². The number of benzene rings is 1. The molecule has 0 saturated carbocycles. The quantitative estimate of drug-likeness (QED) is 0.858. The van der Waals surface area contributed by atoms with Gasteiger partial charge in [-0.05, 0) is 43.5 Å². The Balaban J connectivity index is 1.62. The predicted molar refractivity (Wildman–Crippen MR) is 97.8 cm³/mol. The summed E-state index contributed by atoms with van der Waals surface area (Å²) in [6.45, 7) is 4.03. The number of aliphatic hydroxyl groups excluding tert-OH is 1. The van der Waals surface area contributed by atoms with Gasteiger partial charge in [0.1, 0.15) is 12.4 Å². The highest BCUT2D eigenvalue weighted by Gasteiger charge is 2.35. The zero-order valence-corrected chi connectivity index (χ0v) is 15.3. The average Bonchev–Trinajstić information content (AvgIpc) is 3.20. The highest BCUT2D eigenvalue weighted by atomic mass is 32.1. The molecule has 0 bridgehead atoms. The van der Waals surface area contributed by atoms with Crippen molar-refractivity contribution in [3.8, 4) is 5.75 Å². The van der Waals surface area contributed by atoms with Gasteiger partial charge in [0.2, 0.25) is 0 Å². The molecule has 3 rings (SSSR count). The van der Waals surface area contributed by atoms with Gasteiger partial charge < -0.3 is 14.7 Å². The van der Waals surface area contributed by atoms with Gasteiger partial charge in [-0.15, -0.1) is 11.3 Å². The smallest absolute Gasteiger partial charge is 0.253 e. The fraction of sp³-hybridized carbons (Fsp3) is 0.474. The Kier molecular flexibility index (Phi) is 5.71. The van der Waals surface area contributed by atoms with Crippen molar-refractivity contribution >= 4 is 17.2 Å². The summed E-state index contributed by atoms with van der Waals surface area (Å²) in [6, 6.07) is 7.26. The summed E-state index contributed by atoms with van der Waals surface area (Å²) < 4.78 is 5.68. The van der Waals surface area contributed by atoms with Crippen molar-refractivity contribution in [2.45, 2.75) is 32.8 Å². The maximum Gasteiger partial charge on any atom is 0.253 e. The number of likely N-dealkylation sites (tertiary alicyclic amines) is 1. The number of thiazole rings is 1. The number of ether oxygens (including phenoxy) is 1. The number of amides is 1. The Morgan fingerprint density at radius 1 is 1.40 bits per heavy atom. The van der Waals surface area contributed by atoms with Gasteiger partial charge in [0, 0.05) is 29.4 Å². The molecule has 1 fully saturated rings. The van der Waals surface area contributed by atoms with Crippen LogP contribution in [0.5, 0.6) is 5.75 Å². The first-order valence-corrected chi connectivity index (χ1v) is 9.60. The lowest BCUT2D eigenvalue weighted by molar-refractivity contribution is 0.0251. The SMILES string of the molecule is CC[C@@]1(CO)CCCN(C(=O)c2ccc(OCc3cscn3)cc2)C1. The van der Waals surface area contributed by atoms with E-state index in [0.29, 0.717) is 18.7 Å². The maximum absolute atomic E-state index is 12.8. The molecule has 0 aliphatic carbocycles. The van der Waals surface area contributed by atoms with Gasteiger partial charge >= 0.3 is 0 Å². The lowest BCUT2D eigenvalue weighted by Gasteiger charge is -2.41. The molecular formula is C19H24N2O3S. The van der Waals surface area contributed by atoms with Crippen molar-refractivity contribution in [3.05, 3.63) is 46.4 Å². The van der Waals surface area contributed by atoms with Crippen molar-refractivity contribution in [2.24, 2.45) is 5.41 Å². The van der Waals surface area contributed by atoms with E-state index in [0.717, 1.165) is 37.3 Å². The molecule has 1 atom stereocenters. The Labute approximate surface area is 152 Å². The second-order valence-corrected chi connectivity index (χ2v) is 7.35. The second-order valence-electron chi connectivity index (χ2n) is 6.63. The molecule has 1 saturated heterocycles. The minimum atomic E-state index is -0.148. The first-order chi connectivity index (χ1) is 12.2. The van der Waals surface area contributed by atoms with Crippen LogP contribution in [0.4, 0.5) is 0 Å². The number of nitrogens with zero attached hydrogens (tertiary/aromatic N) is 2. The predicted octanol–water partition coefficient (Wildman–Crippen LogP) is 3.35. The standard InChI is InChI=1S/C19H24N2O3S/c1-2-19(13-22)8-3-9-21(12-19)18(23)15-4-6-17(7-5-15)24-10-16-11-25-14-20-16/h4-7,11,14,22H,2-3,8-10,12-13H2,1H3/t19-/m1/s1. The molecule has 2 aromatic rings. The molecule has 5 nitrogen and oxygen atoms in total. The molecule has 25 heavy (non-hydrogen) atoms. The molecule has 1 aliphatic heterocycles. The number of carbonyl (C=O) groups excluding carboxylic acids is 1. The Morgan fingerprint density at radius 2 is 2.20 bits per heavy atom. The van der Waals surface area contributed by atoms with Gasteiger partial charge in [0.25, 0.3) is 5.91 Å². The molecule has 1 amide bonds. The van der Waals surface area contributed by atoms with Gasteiger partial charge in [0.05, 0.1) is 17.8 Å². The van der Waals surface area contributed by atoms with E-state index in [4.69, 9.17) is 4.74 Å². The summed E-state index contributed by atoms with van der Waals surface area (Å²) in [5.41, 5.74) is 3.19. The number of hydrogen-bond acceptors (Lipinski definition) is 5. The minimum Gasteiger partial charge on any atom is -0.487 e. The number of rotatable bonds is 6. The van der Waals surface area contributed by atoms with Crippen LogP contribution in [0.3, 0.4) is 0 Å². The van der Waals surface area contributed by atoms with Crippen molar-refractivity contribution in [2.75, 3.05) is 19.7 Å². The summed E-state index contributed by atoms with van der Waals surface area (Å²) >= 11 is 1.54. The summed E-state index contributed by atoms with van der Waals surface area (Å²) in [5.74, 6) is 0.749. The molecular weight excluding hydrogens is 336 g/mol. The molecule has 1 aliphatic rings. The fourth-order valence-corrected chi connectivity index (χ4v) is 3.80. The van der Waals surface area contributed by atoms with Gasteiger partial charge in [-0.3, -0.25) is 4.79 Å². The summed E-state index contributed by atoms with van der Waals surface area (Å²) in [5, 5.41) is 11.7. The monoisotopic (exact) mass is 360 g/mol. The van der Waals surface area contributed by atoms with Gasteiger partial charge in [-0.25, -0.2) is 4.98 Å².